The highest BCUT2D eigenvalue weighted by Crippen LogP contribution is 2.63. The summed E-state index contributed by atoms with van der Waals surface area (Å²) in [7, 11) is 1.54. The zero-order valence-electron chi connectivity index (χ0n) is 15.3. The molecule has 0 bridgehead atoms. The Bertz CT molecular complexity index is 560. The van der Waals surface area contributed by atoms with Crippen LogP contribution in [0.15, 0.2) is 23.8 Å². The van der Waals surface area contributed by atoms with Crippen LogP contribution in [-0.4, -0.2) is 13.1 Å². The van der Waals surface area contributed by atoms with Crippen LogP contribution in [0.2, 0.25) is 0 Å². The highest BCUT2D eigenvalue weighted by atomic mass is 16.5. The first kappa shape index (κ1) is 16.8. The number of allylic oxidation sites excluding steroid dienone is 3. The first-order valence-electron chi connectivity index (χ1n) is 9.22. The predicted molar refractivity (Wildman–Crippen MR) is 94.0 cm³/mol. The molecule has 0 amide bonds. The van der Waals surface area contributed by atoms with Gasteiger partial charge in [-0.05, 0) is 68.6 Å². The lowest BCUT2D eigenvalue weighted by atomic mass is 9.47. The Morgan fingerprint density at radius 1 is 1.22 bits per heavy atom. The van der Waals surface area contributed by atoms with E-state index < -0.39 is 0 Å². The number of hydrogen-bond acceptors (Lipinski definition) is 2. The molecule has 0 heterocycles. The van der Waals surface area contributed by atoms with Crippen LogP contribution in [0.3, 0.4) is 0 Å². The average molecular weight is 316 g/mol. The summed E-state index contributed by atoms with van der Waals surface area (Å²) in [6, 6.07) is 0. The number of hydrogen-bond donors (Lipinski definition) is 0. The summed E-state index contributed by atoms with van der Waals surface area (Å²) >= 11 is 0. The molecular formula is C21H32O2. The Hall–Kier alpha value is -1.05. The number of rotatable bonds is 2. The van der Waals surface area contributed by atoms with E-state index in [2.05, 4.69) is 33.4 Å². The lowest BCUT2D eigenvalue weighted by Gasteiger charge is -2.56. The Balaban J connectivity index is 1.99. The minimum Gasteiger partial charge on any atom is -0.469 e. The van der Waals surface area contributed by atoms with Crippen LogP contribution in [0.4, 0.5) is 0 Å². The Kier molecular flexibility index (Phi) is 4.01. The zero-order chi connectivity index (χ0) is 16.9. The Labute approximate surface area is 141 Å². The molecule has 3 aliphatic carbocycles. The third-order valence-electron chi connectivity index (χ3n) is 7.49. The van der Waals surface area contributed by atoms with Gasteiger partial charge in [-0.15, -0.1) is 6.58 Å². The normalized spacial score (nSPS) is 43.4. The minimum absolute atomic E-state index is 0.00390. The van der Waals surface area contributed by atoms with Crippen molar-refractivity contribution in [3.05, 3.63) is 23.8 Å². The Morgan fingerprint density at radius 3 is 2.61 bits per heavy atom. The fraction of sp³-hybridized carbons (Fsp3) is 0.762. The quantitative estimate of drug-likeness (QED) is 0.501. The standard InChI is InChI=1S/C21H32O2/c1-6-19(2)13-10-16-15(14-19)8-9-17-20(16,3)11-7-12-21(17,4)18(22)23-5/h6,17H,1,7-14H2,2-5H3/t17?,19-,20-,21-/m1/s1. The van der Waals surface area contributed by atoms with Gasteiger partial charge >= 0.3 is 5.97 Å². The topological polar surface area (TPSA) is 26.3 Å². The molecule has 0 aliphatic heterocycles. The van der Waals surface area contributed by atoms with Crippen molar-refractivity contribution in [3.8, 4) is 0 Å². The smallest absolute Gasteiger partial charge is 0.311 e. The van der Waals surface area contributed by atoms with Crippen molar-refractivity contribution in [2.45, 2.75) is 72.1 Å². The number of methoxy groups -OCH3 is 1. The summed E-state index contributed by atoms with van der Waals surface area (Å²) in [4.78, 5) is 12.5. The second-order valence-electron chi connectivity index (χ2n) is 8.89. The molecule has 0 N–H and O–H groups in total. The van der Waals surface area contributed by atoms with Crippen LogP contribution in [0.5, 0.6) is 0 Å². The van der Waals surface area contributed by atoms with E-state index in [0.717, 1.165) is 25.7 Å². The molecule has 0 aromatic rings. The van der Waals surface area contributed by atoms with Gasteiger partial charge in [0.25, 0.3) is 0 Å². The second-order valence-corrected chi connectivity index (χ2v) is 8.89. The molecule has 128 valence electrons. The van der Waals surface area contributed by atoms with Gasteiger partial charge < -0.3 is 4.74 Å². The van der Waals surface area contributed by atoms with Crippen LogP contribution < -0.4 is 0 Å². The molecule has 2 nitrogen and oxygen atoms in total. The first-order valence-corrected chi connectivity index (χ1v) is 9.22. The molecule has 0 saturated heterocycles. The van der Waals surface area contributed by atoms with Crippen LogP contribution in [-0.2, 0) is 9.53 Å². The summed E-state index contributed by atoms with van der Waals surface area (Å²) in [5.74, 6) is 0.437. The third-order valence-corrected chi connectivity index (χ3v) is 7.49. The lowest BCUT2D eigenvalue weighted by Crippen LogP contribution is -2.51. The summed E-state index contributed by atoms with van der Waals surface area (Å²) < 4.78 is 5.20. The highest BCUT2D eigenvalue weighted by Gasteiger charge is 2.56. The average Bonchev–Trinajstić information content (AvgIpc) is 2.53. The molecule has 0 aromatic carbocycles. The van der Waals surface area contributed by atoms with E-state index >= 15 is 0 Å². The fourth-order valence-corrected chi connectivity index (χ4v) is 6.04. The minimum atomic E-state index is -0.306. The van der Waals surface area contributed by atoms with Gasteiger partial charge in [-0.2, -0.15) is 0 Å². The van der Waals surface area contributed by atoms with Crippen molar-refractivity contribution in [2.24, 2.45) is 22.2 Å². The molecular weight excluding hydrogens is 284 g/mol. The SMILES string of the molecule is C=C[C@]1(C)CCC2=C(CCC3[C@](C)(C(=O)OC)CCC[C@]23C)C1. The molecule has 23 heavy (non-hydrogen) atoms. The van der Waals surface area contributed by atoms with Crippen LogP contribution in [0, 0.1) is 22.2 Å². The van der Waals surface area contributed by atoms with Gasteiger partial charge in [-0.25, -0.2) is 0 Å². The van der Waals surface area contributed by atoms with E-state index in [4.69, 9.17) is 4.74 Å². The summed E-state index contributed by atoms with van der Waals surface area (Å²) in [5.41, 5.74) is 3.51. The van der Waals surface area contributed by atoms with Crippen molar-refractivity contribution in [2.75, 3.05) is 7.11 Å². The molecule has 1 unspecified atom stereocenters. The molecule has 0 spiro atoms. The van der Waals surface area contributed by atoms with Gasteiger partial charge in [-0.3, -0.25) is 4.79 Å². The molecule has 0 aromatic heterocycles. The summed E-state index contributed by atoms with van der Waals surface area (Å²) in [5, 5.41) is 0. The molecule has 4 atom stereocenters. The second kappa shape index (κ2) is 5.50. The maximum Gasteiger partial charge on any atom is 0.311 e. The van der Waals surface area contributed by atoms with Crippen LogP contribution in [0.25, 0.3) is 0 Å². The maximum absolute atomic E-state index is 12.5. The van der Waals surface area contributed by atoms with E-state index in [9.17, 15) is 4.79 Å². The van der Waals surface area contributed by atoms with Crippen molar-refractivity contribution in [1.82, 2.24) is 0 Å². The van der Waals surface area contributed by atoms with Crippen molar-refractivity contribution < 1.29 is 9.53 Å². The molecule has 3 aliphatic rings. The summed E-state index contributed by atoms with van der Waals surface area (Å²) in [6.07, 6.45) is 11.3. The van der Waals surface area contributed by atoms with E-state index in [1.54, 1.807) is 18.3 Å². The summed E-state index contributed by atoms with van der Waals surface area (Å²) in [6.45, 7) is 11.0. The molecule has 3 rings (SSSR count). The van der Waals surface area contributed by atoms with Gasteiger partial charge in [0, 0.05) is 0 Å². The number of esters is 1. The molecule has 2 heteroatoms. The van der Waals surface area contributed by atoms with E-state index in [1.165, 1.54) is 25.7 Å². The zero-order valence-corrected chi connectivity index (χ0v) is 15.3. The third kappa shape index (κ3) is 2.40. The predicted octanol–water partition coefficient (Wildman–Crippen LogP) is 5.44. The van der Waals surface area contributed by atoms with Crippen molar-refractivity contribution >= 4 is 5.97 Å². The number of fused-ring (bicyclic) bond motifs is 2. The van der Waals surface area contributed by atoms with Crippen molar-refractivity contribution in [1.29, 1.82) is 0 Å². The van der Waals surface area contributed by atoms with Gasteiger partial charge in [-0.1, -0.05) is 37.5 Å². The van der Waals surface area contributed by atoms with Gasteiger partial charge in [0.05, 0.1) is 12.5 Å². The monoisotopic (exact) mass is 316 g/mol. The molecule has 1 fully saturated rings. The number of carbonyl (C=O) groups excluding carboxylic acids is 1. The highest BCUT2D eigenvalue weighted by molar-refractivity contribution is 5.77. The first-order chi connectivity index (χ1) is 10.8. The molecule has 1 saturated carbocycles. The maximum atomic E-state index is 12.5. The van der Waals surface area contributed by atoms with Gasteiger partial charge in [0.2, 0.25) is 0 Å². The molecule has 0 radical (unpaired) electrons. The van der Waals surface area contributed by atoms with Crippen LogP contribution >= 0.6 is 0 Å². The number of carbonyl (C=O) groups is 1. The van der Waals surface area contributed by atoms with E-state index in [1.807, 2.05) is 0 Å². The van der Waals surface area contributed by atoms with Gasteiger partial charge in [0.15, 0.2) is 0 Å². The van der Waals surface area contributed by atoms with Gasteiger partial charge in [0.1, 0.15) is 0 Å². The fourth-order valence-electron chi connectivity index (χ4n) is 6.04. The Morgan fingerprint density at radius 2 is 1.96 bits per heavy atom. The lowest BCUT2D eigenvalue weighted by molar-refractivity contribution is -0.163. The van der Waals surface area contributed by atoms with E-state index in [-0.39, 0.29) is 22.2 Å². The van der Waals surface area contributed by atoms with Crippen LogP contribution in [0.1, 0.15) is 72.1 Å². The largest absolute Gasteiger partial charge is 0.469 e. The van der Waals surface area contributed by atoms with E-state index in [0.29, 0.717) is 5.92 Å². The van der Waals surface area contributed by atoms with Crippen molar-refractivity contribution in [3.63, 3.8) is 0 Å². The number of ether oxygens (including phenoxy) is 1.